The Morgan fingerprint density at radius 3 is 2.73 bits per heavy atom. The number of fused-ring (bicyclic) bond motifs is 1. The molecular weight excluding hydrogens is 372 g/mol. The summed E-state index contributed by atoms with van der Waals surface area (Å²) in [5, 5.41) is 3.29. The number of halogens is 1. The number of nitrogens with one attached hydrogen (secondary N) is 1. The molecule has 0 radical (unpaired) electrons. The van der Waals surface area contributed by atoms with Crippen LogP contribution in [0.2, 0.25) is 4.47 Å². The van der Waals surface area contributed by atoms with Gasteiger partial charge in [0.15, 0.2) is 21.7 Å². The van der Waals surface area contributed by atoms with Gasteiger partial charge in [-0.3, -0.25) is 4.79 Å². The zero-order valence-corrected chi connectivity index (χ0v) is 15.3. The van der Waals surface area contributed by atoms with Crippen molar-refractivity contribution >= 4 is 34.4 Å². The van der Waals surface area contributed by atoms with Gasteiger partial charge in [0.25, 0.3) is 0 Å². The van der Waals surface area contributed by atoms with E-state index in [9.17, 15) is 4.79 Å². The molecule has 2 aromatic carbocycles. The highest BCUT2D eigenvalue weighted by molar-refractivity contribution is 7.15. The molecule has 0 aliphatic carbocycles. The first-order chi connectivity index (χ1) is 12.7. The summed E-state index contributed by atoms with van der Waals surface area (Å²) in [6, 6.07) is 12.7. The number of hydrogen-bond donors (Lipinski definition) is 1. The molecule has 0 unspecified atom stereocenters. The van der Waals surface area contributed by atoms with Crippen molar-refractivity contribution in [2.24, 2.45) is 0 Å². The summed E-state index contributed by atoms with van der Waals surface area (Å²) in [5.74, 6) is 1.22. The molecule has 0 atom stereocenters. The molecule has 0 bridgehead atoms. The summed E-state index contributed by atoms with van der Waals surface area (Å²) in [6.45, 7) is 1.62. The smallest absolute Gasteiger partial charge is 0.193 e. The van der Waals surface area contributed by atoms with Gasteiger partial charge in [0.1, 0.15) is 13.2 Å². The molecule has 3 aromatic rings. The van der Waals surface area contributed by atoms with Crippen molar-refractivity contribution in [3.63, 3.8) is 0 Å². The van der Waals surface area contributed by atoms with Gasteiger partial charge in [-0.25, -0.2) is 4.98 Å². The van der Waals surface area contributed by atoms with Crippen molar-refractivity contribution in [1.82, 2.24) is 4.98 Å². The summed E-state index contributed by atoms with van der Waals surface area (Å²) in [7, 11) is 0. The van der Waals surface area contributed by atoms with E-state index in [4.69, 9.17) is 21.1 Å². The molecule has 0 fully saturated rings. The van der Waals surface area contributed by atoms with Crippen LogP contribution in [-0.2, 0) is 6.54 Å². The van der Waals surface area contributed by atoms with Crippen LogP contribution in [-0.4, -0.2) is 24.0 Å². The second-order valence-corrected chi connectivity index (χ2v) is 7.40. The Balaban J connectivity index is 1.51. The molecule has 0 saturated heterocycles. The van der Waals surface area contributed by atoms with Crippen LogP contribution in [0, 0.1) is 0 Å². The number of benzene rings is 2. The number of ether oxygens (including phenoxy) is 2. The molecule has 0 saturated carbocycles. The summed E-state index contributed by atoms with van der Waals surface area (Å²) >= 11 is 7.27. The van der Waals surface area contributed by atoms with Gasteiger partial charge >= 0.3 is 0 Å². The van der Waals surface area contributed by atoms with Gasteiger partial charge in [-0.05, 0) is 30.3 Å². The van der Waals surface area contributed by atoms with Gasteiger partial charge in [-0.2, -0.15) is 0 Å². The van der Waals surface area contributed by atoms with Gasteiger partial charge in [0.2, 0.25) is 0 Å². The summed E-state index contributed by atoms with van der Waals surface area (Å²) < 4.78 is 11.6. The highest BCUT2D eigenvalue weighted by atomic mass is 35.5. The van der Waals surface area contributed by atoms with E-state index in [1.807, 2.05) is 18.2 Å². The van der Waals surface area contributed by atoms with E-state index in [-0.39, 0.29) is 5.78 Å². The Bertz CT molecular complexity index is 957. The van der Waals surface area contributed by atoms with Crippen LogP contribution in [0.15, 0.2) is 48.7 Å². The Morgan fingerprint density at radius 1 is 1.12 bits per heavy atom. The van der Waals surface area contributed by atoms with Crippen LogP contribution in [0.1, 0.15) is 20.8 Å². The van der Waals surface area contributed by atoms with Crippen LogP contribution >= 0.6 is 22.9 Å². The Hall–Kier alpha value is -2.57. The summed E-state index contributed by atoms with van der Waals surface area (Å²) in [5.41, 5.74) is 2.03. The number of nitrogens with zero attached hydrogens (tertiary/aromatic N) is 1. The largest absolute Gasteiger partial charge is 0.486 e. The lowest BCUT2D eigenvalue weighted by molar-refractivity contribution is 0.103. The third kappa shape index (κ3) is 3.66. The average molecular weight is 387 g/mol. The number of carbonyl (C=O) groups is 1. The van der Waals surface area contributed by atoms with Crippen molar-refractivity contribution in [2.75, 3.05) is 18.5 Å². The third-order valence-electron chi connectivity index (χ3n) is 3.92. The van der Waals surface area contributed by atoms with E-state index in [0.717, 1.165) is 10.6 Å². The van der Waals surface area contributed by atoms with E-state index in [1.165, 1.54) is 11.3 Å². The molecule has 4 rings (SSSR count). The molecule has 0 amide bonds. The monoisotopic (exact) mass is 386 g/mol. The lowest BCUT2D eigenvalue weighted by Crippen LogP contribution is -2.16. The Labute approximate surface area is 159 Å². The molecule has 132 valence electrons. The van der Waals surface area contributed by atoms with Crippen molar-refractivity contribution in [1.29, 1.82) is 0 Å². The molecule has 1 N–H and O–H groups in total. The quantitative estimate of drug-likeness (QED) is 0.658. The SMILES string of the molecule is O=C(c1cccc(NCc2cnc(Cl)s2)c1)c1ccc2c(c1)OCCO2. The molecule has 1 aliphatic heterocycles. The van der Waals surface area contributed by atoms with Crippen LogP contribution in [0.5, 0.6) is 11.5 Å². The number of rotatable bonds is 5. The van der Waals surface area contributed by atoms with Gasteiger partial charge in [0.05, 0.1) is 6.54 Å². The van der Waals surface area contributed by atoms with Gasteiger partial charge in [0, 0.05) is 27.9 Å². The first-order valence-electron chi connectivity index (χ1n) is 8.07. The third-order valence-corrected chi connectivity index (χ3v) is 5.04. The van der Waals surface area contributed by atoms with Crippen molar-refractivity contribution in [3.8, 4) is 11.5 Å². The predicted octanol–water partition coefficient (Wildman–Crippen LogP) is 4.41. The molecule has 7 heteroatoms. The normalized spacial score (nSPS) is 12.7. The standard InChI is InChI=1S/C19H15ClN2O3S/c20-19-22-11-15(26-19)10-21-14-3-1-2-12(8-14)18(23)13-4-5-16-17(9-13)25-7-6-24-16/h1-5,8-9,11,21H,6-7,10H2. The lowest BCUT2D eigenvalue weighted by Gasteiger charge is -2.18. The second-order valence-electron chi connectivity index (χ2n) is 5.70. The lowest BCUT2D eigenvalue weighted by atomic mass is 10.0. The van der Waals surface area contributed by atoms with Crippen LogP contribution in [0.3, 0.4) is 0 Å². The highest BCUT2D eigenvalue weighted by Crippen LogP contribution is 2.31. The number of aromatic nitrogens is 1. The fraction of sp³-hybridized carbons (Fsp3) is 0.158. The van der Waals surface area contributed by atoms with Crippen molar-refractivity contribution < 1.29 is 14.3 Å². The number of ketones is 1. The zero-order chi connectivity index (χ0) is 17.9. The summed E-state index contributed by atoms with van der Waals surface area (Å²) in [4.78, 5) is 17.9. The Kier molecular flexibility index (Phi) is 4.77. The Morgan fingerprint density at radius 2 is 1.92 bits per heavy atom. The predicted molar refractivity (Wildman–Crippen MR) is 102 cm³/mol. The molecule has 5 nitrogen and oxygen atoms in total. The van der Waals surface area contributed by atoms with E-state index in [2.05, 4.69) is 10.3 Å². The molecule has 1 aromatic heterocycles. The van der Waals surface area contributed by atoms with E-state index in [1.54, 1.807) is 30.5 Å². The number of hydrogen-bond acceptors (Lipinski definition) is 6. The van der Waals surface area contributed by atoms with Crippen LogP contribution in [0.4, 0.5) is 5.69 Å². The first kappa shape index (κ1) is 16.9. The molecule has 2 heterocycles. The minimum atomic E-state index is -0.0635. The first-order valence-corrected chi connectivity index (χ1v) is 9.27. The highest BCUT2D eigenvalue weighted by Gasteiger charge is 2.16. The van der Waals surface area contributed by atoms with E-state index in [0.29, 0.717) is 46.9 Å². The maximum absolute atomic E-state index is 12.8. The minimum Gasteiger partial charge on any atom is -0.486 e. The van der Waals surface area contributed by atoms with Crippen molar-refractivity contribution in [3.05, 3.63) is 69.1 Å². The van der Waals surface area contributed by atoms with Crippen LogP contribution in [0.25, 0.3) is 0 Å². The zero-order valence-electron chi connectivity index (χ0n) is 13.7. The minimum absolute atomic E-state index is 0.0635. The van der Waals surface area contributed by atoms with E-state index >= 15 is 0 Å². The van der Waals surface area contributed by atoms with Crippen LogP contribution < -0.4 is 14.8 Å². The number of anilines is 1. The maximum Gasteiger partial charge on any atom is 0.193 e. The molecule has 26 heavy (non-hydrogen) atoms. The van der Waals surface area contributed by atoms with Gasteiger partial charge in [-0.1, -0.05) is 23.7 Å². The number of thiazole rings is 1. The van der Waals surface area contributed by atoms with E-state index < -0.39 is 0 Å². The fourth-order valence-corrected chi connectivity index (χ4v) is 3.59. The fourth-order valence-electron chi connectivity index (χ4n) is 2.68. The van der Waals surface area contributed by atoms with Crippen molar-refractivity contribution in [2.45, 2.75) is 6.54 Å². The average Bonchev–Trinajstić information content (AvgIpc) is 3.11. The molecular formula is C19H15ClN2O3S. The molecule has 0 spiro atoms. The molecule has 1 aliphatic rings. The summed E-state index contributed by atoms with van der Waals surface area (Å²) in [6.07, 6.45) is 1.74. The number of carbonyl (C=O) groups excluding carboxylic acids is 1. The van der Waals surface area contributed by atoms with Gasteiger partial charge < -0.3 is 14.8 Å². The maximum atomic E-state index is 12.8. The topological polar surface area (TPSA) is 60.5 Å². The second kappa shape index (κ2) is 7.35. The van der Waals surface area contributed by atoms with Gasteiger partial charge in [-0.15, -0.1) is 11.3 Å².